The molecule has 0 aromatic carbocycles. The van der Waals surface area contributed by atoms with E-state index in [1.165, 1.54) is 31.7 Å². The third-order valence-corrected chi connectivity index (χ3v) is 3.63. The second-order valence-corrected chi connectivity index (χ2v) is 5.70. The third kappa shape index (κ3) is 2.21. The van der Waals surface area contributed by atoms with Crippen LogP contribution in [0.4, 0.5) is 10.2 Å². The van der Waals surface area contributed by atoms with Gasteiger partial charge in [-0.25, -0.2) is 9.37 Å². The fourth-order valence-electron chi connectivity index (χ4n) is 1.99. The molecule has 0 bridgehead atoms. The maximum atomic E-state index is 13.8. The van der Waals surface area contributed by atoms with Gasteiger partial charge in [-0.15, -0.1) is 0 Å². The molecule has 16 heavy (non-hydrogen) atoms. The van der Waals surface area contributed by atoms with Crippen molar-refractivity contribution in [2.24, 2.45) is 5.92 Å². The molecule has 0 unspecified atom stereocenters. The topological polar surface area (TPSA) is 16.1 Å². The van der Waals surface area contributed by atoms with Crippen LogP contribution in [-0.2, 0) is 0 Å². The molecule has 4 heteroatoms. The third-order valence-electron chi connectivity index (χ3n) is 3.20. The molecule has 2 aliphatic carbocycles. The van der Waals surface area contributed by atoms with Crippen LogP contribution in [0.3, 0.4) is 0 Å². The molecular formula is C12H14BrFN2. The first-order chi connectivity index (χ1) is 7.74. The van der Waals surface area contributed by atoms with Crippen molar-refractivity contribution in [2.75, 3.05) is 11.4 Å². The molecule has 0 saturated heterocycles. The summed E-state index contributed by atoms with van der Waals surface area (Å²) in [5, 5.41) is 0. The Labute approximate surface area is 103 Å². The first-order valence-corrected chi connectivity index (χ1v) is 6.61. The number of halogens is 2. The fraction of sp³-hybridized carbons (Fsp3) is 0.583. The minimum Gasteiger partial charge on any atom is -0.351 e. The monoisotopic (exact) mass is 284 g/mol. The van der Waals surface area contributed by atoms with Crippen molar-refractivity contribution < 1.29 is 4.39 Å². The quantitative estimate of drug-likeness (QED) is 0.843. The van der Waals surface area contributed by atoms with Crippen LogP contribution in [0.25, 0.3) is 0 Å². The Morgan fingerprint density at radius 2 is 2.12 bits per heavy atom. The molecule has 2 aliphatic rings. The Hall–Kier alpha value is -0.640. The van der Waals surface area contributed by atoms with E-state index >= 15 is 0 Å². The lowest BCUT2D eigenvalue weighted by Gasteiger charge is -2.23. The van der Waals surface area contributed by atoms with Crippen LogP contribution in [-0.4, -0.2) is 17.6 Å². The average molecular weight is 285 g/mol. The van der Waals surface area contributed by atoms with Gasteiger partial charge in [0.15, 0.2) is 11.6 Å². The molecule has 0 spiro atoms. The second kappa shape index (κ2) is 3.99. The van der Waals surface area contributed by atoms with E-state index in [4.69, 9.17) is 0 Å². The summed E-state index contributed by atoms with van der Waals surface area (Å²) >= 11 is 3.24. The summed E-state index contributed by atoms with van der Waals surface area (Å²) in [5.41, 5.74) is 0. The molecule has 2 fully saturated rings. The maximum Gasteiger partial charge on any atom is 0.166 e. The van der Waals surface area contributed by atoms with Crippen LogP contribution >= 0.6 is 15.9 Å². The molecule has 0 radical (unpaired) electrons. The predicted octanol–water partition coefficient (Wildman–Crippen LogP) is 3.36. The number of pyridine rings is 1. The summed E-state index contributed by atoms with van der Waals surface area (Å²) in [6.45, 7) is 0.982. The van der Waals surface area contributed by atoms with Crippen LogP contribution in [0.1, 0.15) is 25.7 Å². The minimum absolute atomic E-state index is 0.207. The van der Waals surface area contributed by atoms with Gasteiger partial charge in [-0.3, -0.25) is 0 Å². The first kappa shape index (κ1) is 10.5. The van der Waals surface area contributed by atoms with Gasteiger partial charge in [0.1, 0.15) is 0 Å². The summed E-state index contributed by atoms with van der Waals surface area (Å²) in [7, 11) is 0. The molecular weight excluding hydrogens is 271 g/mol. The van der Waals surface area contributed by atoms with Crippen LogP contribution < -0.4 is 4.90 Å². The number of nitrogens with zero attached hydrogens (tertiary/aromatic N) is 2. The Balaban J connectivity index is 1.85. The lowest BCUT2D eigenvalue weighted by molar-refractivity contribution is 0.599. The summed E-state index contributed by atoms with van der Waals surface area (Å²) in [6.07, 6.45) is 6.64. The van der Waals surface area contributed by atoms with Crippen LogP contribution in [0.5, 0.6) is 0 Å². The second-order valence-electron chi connectivity index (χ2n) is 4.79. The number of hydrogen-bond donors (Lipinski definition) is 0. The van der Waals surface area contributed by atoms with Gasteiger partial charge in [-0.05, 0) is 53.6 Å². The highest BCUT2D eigenvalue weighted by atomic mass is 79.9. The Morgan fingerprint density at radius 3 is 2.69 bits per heavy atom. The van der Waals surface area contributed by atoms with Crippen molar-refractivity contribution in [1.29, 1.82) is 0 Å². The zero-order valence-corrected chi connectivity index (χ0v) is 10.6. The van der Waals surface area contributed by atoms with Gasteiger partial charge in [0.2, 0.25) is 0 Å². The average Bonchev–Trinajstić information content (AvgIpc) is 3.11. The van der Waals surface area contributed by atoms with E-state index in [1.807, 2.05) is 0 Å². The standard InChI is InChI=1S/C12H14BrFN2/c13-9-5-11(14)12(15-6-9)16(10-3-4-10)7-8-1-2-8/h5-6,8,10H,1-4,7H2. The van der Waals surface area contributed by atoms with Gasteiger partial charge in [0.05, 0.1) is 0 Å². The molecule has 86 valence electrons. The molecule has 1 aromatic heterocycles. The normalized spacial score (nSPS) is 19.9. The highest BCUT2D eigenvalue weighted by molar-refractivity contribution is 9.10. The molecule has 0 amide bonds. The van der Waals surface area contributed by atoms with E-state index in [0.29, 0.717) is 16.3 Å². The van der Waals surface area contributed by atoms with Crippen LogP contribution in [0, 0.1) is 11.7 Å². The van der Waals surface area contributed by atoms with Crippen LogP contribution in [0.2, 0.25) is 0 Å². The van der Waals surface area contributed by atoms with E-state index in [0.717, 1.165) is 12.5 Å². The van der Waals surface area contributed by atoms with Gasteiger partial charge in [0.25, 0.3) is 0 Å². The van der Waals surface area contributed by atoms with Crippen molar-refractivity contribution in [3.63, 3.8) is 0 Å². The highest BCUT2D eigenvalue weighted by Gasteiger charge is 2.35. The number of hydrogen-bond acceptors (Lipinski definition) is 2. The highest BCUT2D eigenvalue weighted by Crippen LogP contribution is 2.37. The van der Waals surface area contributed by atoms with Gasteiger partial charge in [-0.2, -0.15) is 0 Å². The number of rotatable bonds is 4. The van der Waals surface area contributed by atoms with Crippen molar-refractivity contribution >= 4 is 21.7 Å². The molecule has 1 heterocycles. The summed E-state index contributed by atoms with van der Waals surface area (Å²) in [4.78, 5) is 6.39. The number of aromatic nitrogens is 1. The molecule has 0 N–H and O–H groups in total. The molecule has 1 aromatic rings. The maximum absolute atomic E-state index is 13.8. The Morgan fingerprint density at radius 1 is 1.38 bits per heavy atom. The largest absolute Gasteiger partial charge is 0.351 e. The number of anilines is 1. The zero-order valence-electron chi connectivity index (χ0n) is 9.00. The lowest BCUT2D eigenvalue weighted by Crippen LogP contribution is -2.29. The SMILES string of the molecule is Fc1cc(Br)cnc1N(CC1CC1)C1CC1. The van der Waals surface area contributed by atoms with Gasteiger partial charge in [-0.1, -0.05) is 0 Å². The van der Waals surface area contributed by atoms with E-state index < -0.39 is 0 Å². The van der Waals surface area contributed by atoms with E-state index in [2.05, 4.69) is 25.8 Å². The molecule has 0 atom stereocenters. The lowest BCUT2D eigenvalue weighted by atomic mass is 10.3. The van der Waals surface area contributed by atoms with E-state index in [1.54, 1.807) is 6.20 Å². The molecule has 2 saturated carbocycles. The van der Waals surface area contributed by atoms with E-state index in [-0.39, 0.29) is 5.82 Å². The van der Waals surface area contributed by atoms with Gasteiger partial charge >= 0.3 is 0 Å². The summed E-state index contributed by atoms with van der Waals surface area (Å²) < 4.78 is 14.5. The zero-order chi connectivity index (χ0) is 11.1. The van der Waals surface area contributed by atoms with Crippen LogP contribution in [0.15, 0.2) is 16.7 Å². The minimum atomic E-state index is -0.207. The summed E-state index contributed by atoms with van der Waals surface area (Å²) in [6, 6.07) is 2.04. The van der Waals surface area contributed by atoms with E-state index in [9.17, 15) is 4.39 Å². The Kier molecular flexibility index (Phi) is 2.62. The van der Waals surface area contributed by atoms with Gasteiger partial charge in [0, 0.05) is 23.3 Å². The first-order valence-electron chi connectivity index (χ1n) is 5.82. The predicted molar refractivity (Wildman–Crippen MR) is 65.0 cm³/mol. The van der Waals surface area contributed by atoms with Crippen molar-refractivity contribution in [3.8, 4) is 0 Å². The van der Waals surface area contributed by atoms with Crippen molar-refractivity contribution in [2.45, 2.75) is 31.7 Å². The summed E-state index contributed by atoms with van der Waals surface area (Å²) in [5.74, 6) is 1.10. The fourth-order valence-corrected chi connectivity index (χ4v) is 2.30. The molecule has 0 aliphatic heterocycles. The van der Waals surface area contributed by atoms with Crippen molar-refractivity contribution in [3.05, 3.63) is 22.6 Å². The molecule has 2 nitrogen and oxygen atoms in total. The van der Waals surface area contributed by atoms with Crippen molar-refractivity contribution in [1.82, 2.24) is 4.98 Å². The molecule has 3 rings (SSSR count). The Bertz CT molecular complexity index is 402. The smallest absolute Gasteiger partial charge is 0.166 e. The van der Waals surface area contributed by atoms with Gasteiger partial charge < -0.3 is 4.90 Å².